The second kappa shape index (κ2) is 4.19. The molecule has 0 amide bonds. The standard InChI is InChI=1S/C12H24N2/c1-9(10(2)13)6-14-7-11-4-3-5-12(11)8-14/h9-12H,3-8,13H2,1-2H3. The molecule has 0 spiro atoms. The van der Waals surface area contributed by atoms with E-state index in [0.29, 0.717) is 12.0 Å². The maximum absolute atomic E-state index is 5.90. The molecule has 4 unspecified atom stereocenters. The van der Waals surface area contributed by atoms with Crippen LogP contribution in [0, 0.1) is 17.8 Å². The number of hydrogen-bond donors (Lipinski definition) is 1. The Bertz CT molecular complexity index is 179. The summed E-state index contributed by atoms with van der Waals surface area (Å²) in [5.41, 5.74) is 5.90. The van der Waals surface area contributed by atoms with E-state index < -0.39 is 0 Å². The zero-order valence-corrected chi connectivity index (χ0v) is 9.58. The van der Waals surface area contributed by atoms with Gasteiger partial charge in [0, 0.05) is 25.7 Å². The van der Waals surface area contributed by atoms with Crippen LogP contribution in [0.15, 0.2) is 0 Å². The van der Waals surface area contributed by atoms with Crippen molar-refractivity contribution in [2.45, 2.75) is 39.2 Å². The molecule has 1 aliphatic heterocycles. The second-order valence-corrected chi connectivity index (χ2v) is 5.51. The minimum absolute atomic E-state index is 0.343. The molecule has 14 heavy (non-hydrogen) atoms. The molecule has 2 nitrogen and oxygen atoms in total. The molecule has 4 atom stereocenters. The fraction of sp³-hybridized carbons (Fsp3) is 1.00. The van der Waals surface area contributed by atoms with Gasteiger partial charge in [-0.15, -0.1) is 0 Å². The van der Waals surface area contributed by atoms with Gasteiger partial charge in [0.15, 0.2) is 0 Å². The zero-order chi connectivity index (χ0) is 10.1. The van der Waals surface area contributed by atoms with Gasteiger partial charge < -0.3 is 10.6 Å². The van der Waals surface area contributed by atoms with Crippen LogP contribution in [-0.4, -0.2) is 30.6 Å². The highest BCUT2D eigenvalue weighted by Crippen LogP contribution is 2.37. The summed E-state index contributed by atoms with van der Waals surface area (Å²) in [5, 5.41) is 0. The fourth-order valence-electron chi connectivity index (χ4n) is 3.05. The van der Waals surface area contributed by atoms with Crippen molar-refractivity contribution in [3.05, 3.63) is 0 Å². The van der Waals surface area contributed by atoms with Crippen LogP contribution in [0.2, 0.25) is 0 Å². The molecule has 1 saturated heterocycles. The van der Waals surface area contributed by atoms with Crippen molar-refractivity contribution in [1.82, 2.24) is 4.90 Å². The van der Waals surface area contributed by atoms with E-state index in [1.54, 1.807) is 0 Å². The quantitative estimate of drug-likeness (QED) is 0.744. The molecule has 0 aromatic heterocycles. The van der Waals surface area contributed by atoms with Gasteiger partial charge in [-0.1, -0.05) is 13.3 Å². The van der Waals surface area contributed by atoms with E-state index in [1.807, 2.05) is 0 Å². The van der Waals surface area contributed by atoms with Crippen LogP contribution in [0.5, 0.6) is 0 Å². The normalized spacial score (nSPS) is 37.1. The van der Waals surface area contributed by atoms with Gasteiger partial charge in [-0.3, -0.25) is 0 Å². The Kier molecular flexibility index (Phi) is 3.13. The zero-order valence-electron chi connectivity index (χ0n) is 9.58. The molecule has 0 radical (unpaired) electrons. The molecular formula is C12H24N2. The van der Waals surface area contributed by atoms with Gasteiger partial charge in [0.1, 0.15) is 0 Å². The Hall–Kier alpha value is -0.0800. The van der Waals surface area contributed by atoms with Crippen LogP contribution in [0.4, 0.5) is 0 Å². The van der Waals surface area contributed by atoms with Crippen molar-refractivity contribution in [1.29, 1.82) is 0 Å². The maximum atomic E-state index is 5.90. The maximum Gasteiger partial charge on any atom is 0.00483 e. The molecular weight excluding hydrogens is 172 g/mol. The summed E-state index contributed by atoms with van der Waals surface area (Å²) in [7, 11) is 0. The molecule has 0 aromatic carbocycles. The predicted molar refractivity (Wildman–Crippen MR) is 60.1 cm³/mol. The van der Waals surface area contributed by atoms with Gasteiger partial charge in [-0.05, 0) is 37.5 Å². The van der Waals surface area contributed by atoms with Crippen LogP contribution in [0.1, 0.15) is 33.1 Å². The van der Waals surface area contributed by atoms with Crippen molar-refractivity contribution in [3.8, 4) is 0 Å². The summed E-state index contributed by atoms with van der Waals surface area (Å²) in [6.07, 6.45) is 4.44. The largest absolute Gasteiger partial charge is 0.328 e. The van der Waals surface area contributed by atoms with Crippen molar-refractivity contribution in [3.63, 3.8) is 0 Å². The molecule has 2 fully saturated rings. The second-order valence-electron chi connectivity index (χ2n) is 5.51. The Labute approximate surface area is 87.8 Å². The summed E-state index contributed by atoms with van der Waals surface area (Å²) in [6, 6.07) is 0.343. The lowest BCUT2D eigenvalue weighted by Crippen LogP contribution is -2.35. The van der Waals surface area contributed by atoms with Crippen molar-refractivity contribution in [2.75, 3.05) is 19.6 Å². The molecule has 2 heteroatoms. The Morgan fingerprint density at radius 3 is 2.29 bits per heavy atom. The monoisotopic (exact) mass is 196 g/mol. The molecule has 2 N–H and O–H groups in total. The smallest absolute Gasteiger partial charge is 0.00483 e. The molecule has 82 valence electrons. The van der Waals surface area contributed by atoms with Gasteiger partial charge in [-0.2, -0.15) is 0 Å². The number of rotatable bonds is 3. The van der Waals surface area contributed by atoms with E-state index in [-0.39, 0.29) is 0 Å². The van der Waals surface area contributed by atoms with Crippen LogP contribution < -0.4 is 5.73 Å². The SMILES string of the molecule is CC(N)C(C)CN1CC2CCCC2C1. The Balaban J connectivity index is 1.79. The van der Waals surface area contributed by atoms with Crippen LogP contribution in [0.25, 0.3) is 0 Å². The number of fused-ring (bicyclic) bond motifs is 1. The highest BCUT2D eigenvalue weighted by atomic mass is 15.2. The average molecular weight is 196 g/mol. The van der Waals surface area contributed by atoms with Crippen LogP contribution in [-0.2, 0) is 0 Å². The number of nitrogens with zero attached hydrogens (tertiary/aromatic N) is 1. The summed E-state index contributed by atoms with van der Waals surface area (Å²) in [5.74, 6) is 2.69. The minimum atomic E-state index is 0.343. The fourth-order valence-corrected chi connectivity index (χ4v) is 3.05. The van der Waals surface area contributed by atoms with E-state index >= 15 is 0 Å². The molecule has 2 rings (SSSR count). The van der Waals surface area contributed by atoms with Crippen molar-refractivity contribution >= 4 is 0 Å². The van der Waals surface area contributed by atoms with Gasteiger partial charge in [0.25, 0.3) is 0 Å². The lowest BCUT2D eigenvalue weighted by Gasteiger charge is -2.23. The number of nitrogens with two attached hydrogens (primary N) is 1. The number of likely N-dealkylation sites (tertiary alicyclic amines) is 1. The Morgan fingerprint density at radius 1 is 1.21 bits per heavy atom. The minimum Gasteiger partial charge on any atom is -0.328 e. The van der Waals surface area contributed by atoms with E-state index in [2.05, 4.69) is 18.7 Å². The van der Waals surface area contributed by atoms with E-state index in [4.69, 9.17) is 5.73 Å². The highest BCUT2D eigenvalue weighted by molar-refractivity contribution is 4.89. The van der Waals surface area contributed by atoms with E-state index in [9.17, 15) is 0 Å². The lowest BCUT2D eigenvalue weighted by atomic mass is 10.0. The summed E-state index contributed by atoms with van der Waals surface area (Å²) >= 11 is 0. The van der Waals surface area contributed by atoms with E-state index in [1.165, 1.54) is 38.9 Å². The van der Waals surface area contributed by atoms with E-state index in [0.717, 1.165) is 11.8 Å². The molecule has 0 aromatic rings. The lowest BCUT2D eigenvalue weighted by molar-refractivity contribution is 0.252. The summed E-state index contributed by atoms with van der Waals surface area (Å²) < 4.78 is 0. The summed E-state index contributed by atoms with van der Waals surface area (Å²) in [6.45, 7) is 8.31. The van der Waals surface area contributed by atoms with Crippen molar-refractivity contribution < 1.29 is 0 Å². The van der Waals surface area contributed by atoms with Gasteiger partial charge in [0.2, 0.25) is 0 Å². The van der Waals surface area contributed by atoms with Crippen molar-refractivity contribution in [2.24, 2.45) is 23.5 Å². The van der Waals surface area contributed by atoms with Crippen LogP contribution >= 0.6 is 0 Å². The van der Waals surface area contributed by atoms with Crippen LogP contribution in [0.3, 0.4) is 0 Å². The molecule has 1 heterocycles. The molecule has 2 aliphatic rings. The molecule has 1 aliphatic carbocycles. The Morgan fingerprint density at radius 2 is 1.79 bits per heavy atom. The first-order valence-electron chi connectivity index (χ1n) is 6.14. The third-order valence-electron chi connectivity index (χ3n) is 4.25. The number of hydrogen-bond acceptors (Lipinski definition) is 2. The molecule has 1 saturated carbocycles. The predicted octanol–water partition coefficient (Wildman–Crippen LogP) is 1.70. The first kappa shape index (κ1) is 10.4. The van der Waals surface area contributed by atoms with Gasteiger partial charge >= 0.3 is 0 Å². The first-order valence-corrected chi connectivity index (χ1v) is 6.14. The van der Waals surface area contributed by atoms with Gasteiger partial charge in [0.05, 0.1) is 0 Å². The average Bonchev–Trinajstić information content (AvgIpc) is 2.63. The molecule has 0 bridgehead atoms. The van der Waals surface area contributed by atoms with Gasteiger partial charge in [-0.25, -0.2) is 0 Å². The third kappa shape index (κ3) is 2.12. The third-order valence-corrected chi connectivity index (χ3v) is 4.25. The highest BCUT2D eigenvalue weighted by Gasteiger charge is 2.36. The first-order chi connectivity index (χ1) is 6.66. The topological polar surface area (TPSA) is 29.3 Å². The summed E-state index contributed by atoms with van der Waals surface area (Å²) in [4.78, 5) is 2.64.